The second-order valence-corrected chi connectivity index (χ2v) is 13.4. The van der Waals surface area contributed by atoms with E-state index in [0.717, 1.165) is 29.6 Å². The summed E-state index contributed by atoms with van der Waals surface area (Å²) in [7, 11) is 0. The Kier molecular flexibility index (Phi) is 16.8. The van der Waals surface area contributed by atoms with E-state index >= 15 is 0 Å². The molecule has 0 spiro atoms. The molecule has 218 valence electrons. The van der Waals surface area contributed by atoms with Crippen molar-refractivity contribution in [1.82, 2.24) is 0 Å². The number of hydrogen-bond donors (Lipinski definition) is 0. The van der Waals surface area contributed by atoms with Crippen molar-refractivity contribution in [2.45, 2.75) is 158 Å². The van der Waals surface area contributed by atoms with Gasteiger partial charge in [0.05, 0.1) is 13.0 Å². The Morgan fingerprint density at radius 3 is 1.39 bits per heavy atom. The molecule has 0 radical (unpaired) electrons. The fourth-order valence-corrected chi connectivity index (χ4v) is 4.98. The van der Waals surface area contributed by atoms with E-state index in [1.807, 2.05) is 18.2 Å². The van der Waals surface area contributed by atoms with E-state index in [1.54, 1.807) is 0 Å². The Balaban J connectivity index is 2.16. The molecular formula is C35H60O3. The quantitative estimate of drug-likeness (QED) is 0.124. The molecule has 0 saturated heterocycles. The lowest BCUT2D eigenvalue weighted by Crippen LogP contribution is -2.27. The Hall–Kier alpha value is -1.64. The van der Waals surface area contributed by atoms with Crippen molar-refractivity contribution in [2.24, 2.45) is 10.8 Å². The van der Waals surface area contributed by atoms with Gasteiger partial charge in [0.1, 0.15) is 0 Å². The van der Waals surface area contributed by atoms with Gasteiger partial charge in [-0.1, -0.05) is 151 Å². The first-order valence-electron chi connectivity index (χ1n) is 15.8. The van der Waals surface area contributed by atoms with Gasteiger partial charge in [0.15, 0.2) is 5.78 Å². The van der Waals surface area contributed by atoms with Crippen LogP contribution in [0.15, 0.2) is 34.9 Å². The third kappa shape index (κ3) is 15.1. The van der Waals surface area contributed by atoms with Crippen LogP contribution >= 0.6 is 0 Å². The van der Waals surface area contributed by atoms with E-state index in [4.69, 9.17) is 4.74 Å². The fourth-order valence-electron chi connectivity index (χ4n) is 4.98. The highest BCUT2D eigenvalue weighted by molar-refractivity contribution is 6.11. The third-order valence-electron chi connectivity index (χ3n) is 7.49. The molecule has 1 aliphatic carbocycles. The third-order valence-corrected chi connectivity index (χ3v) is 7.49. The molecule has 0 N–H and O–H groups in total. The molecule has 1 aliphatic rings. The van der Waals surface area contributed by atoms with E-state index in [0.29, 0.717) is 6.61 Å². The molecule has 0 aromatic rings. The van der Waals surface area contributed by atoms with Crippen LogP contribution in [0.5, 0.6) is 0 Å². The summed E-state index contributed by atoms with van der Waals surface area (Å²) in [5.41, 5.74) is 2.05. The number of esters is 1. The Morgan fingerprint density at radius 1 is 0.658 bits per heavy atom. The van der Waals surface area contributed by atoms with Crippen molar-refractivity contribution in [2.75, 3.05) is 6.61 Å². The molecule has 0 atom stereocenters. The van der Waals surface area contributed by atoms with E-state index in [1.165, 1.54) is 89.9 Å². The predicted molar refractivity (Wildman–Crippen MR) is 163 cm³/mol. The maximum Gasteiger partial charge on any atom is 0.309 e. The minimum atomic E-state index is -0.241. The zero-order valence-corrected chi connectivity index (χ0v) is 26.2. The standard InChI is InChI=1S/C35H60O3/c1-8-9-10-11-12-13-14-15-16-17-18-19-20-21-22-23-26-38-32(36)25-24-29-27-30(34(2,3)4)33(37)31(28-29)35(5,6)7/h24,27-28H,8-23,25-26H2,1-7H3. The number of ketones is 1. The maximum atomic E-state index is 13.0. The van der Waals surface area contributed by atoms with Crippen LogP contribution in [0.1, 0.15) is 158 Å². The molecule has 0 fully saturated rings. The SMILES string of the molecule is CCCCCCCCCCCCCCCCCCOC(=O)CC=C1C=C(C(C)(C)C)C(=O)C(C(C)(C)C)=C1. The van der Waals surface area contributed by atoms with Crippen LogP contribution < -0.4 is 0 Å². The smallest absolute Gasteiger partial charge is 0.309 e. The van der Waals surface area contributed by atoms with Gasteiger partial charge in [0.25, 0.3) is 0 Å². The van der Waals surface area contributed by atoms with Crippen LogP contribution in [0.4, 0.5) is 0 Å². The fraction of sp³-hybridized carbons (Fsp3) is 0.771. The second kappa shape index (κ2) is 18.6. The molecule has 0 aromatic heterocycles. The van der Waals surface area contributed by atoms with Crippen molar-refractivity contribution in [3.05, 3.63) is 34.9 Å². The number of ether oxygens (including phenoxy) is 1. The number of allylic oxidation sites excluding steroid dienone is 5. The zero-order chi connectivity index (χ0) is 28.4. The van der Waals surface area contributed by atoms with Crippen LogP contribution in [0.2, 0.25) is 0 Å². The summed E-state index contributed by atoms with van der Waals surface area (Å²) >= 11 is 0. The number of hydrogen-bond acceptors (Lipinski definition) is 3. The minimum absolute atomic E-state index is 0.119. The summed E-state index contributed by atoms with van der Waals surface area (Å²) in [4.78, 5) is 25.3. The average Bonchev–Trinajstić information content (AvgIpc) is 2.83. The predicted octanol–water partition coefficient (Wildman–Crippen LogP) is 10.6. The van der Waals surface area contributed by atoms with Crippen LogP contribution in [0.3, 0.4) is 0 Å². The summed E-state index contributed by atoms with van der Waals surface area (Å²) in [6.07, 6.45) is 27.4. The van der Waals surface area contributed by atoms with Crippen LogP contribution in [0.25, 0.3) is 0 Å². The van der Waals surface area contributed by atoms with Gasteiger partial charge >= 0.3 is 5.97 Å². The molecule has 0 unspecified atom stereocenters. The van der Waals surface area contributed by atoms with Crippen LogP contribution in [0, 0.1) is 10.8 Å². The summed E-state index contributed by atoms with van der Waals surface area (Å²) < 4.78 is 5.47. The molecule has 0 aliphatic heterocycles. The molecule has 38 heavy (non-hydrogen) atoms. The van der Waals surface area contributed by atoms with Crippen molar-refractivity contribution in [1.29, 1.82) is 0 Å². The van der Waals surface area contributed by atoms with E-state index in [-0.39, 0.29) is 29.0 Å². The molecule has 0 aromatic carbocycles. The first-order chi connectivity index (χ1) is 18.0. The number of rotatable bonds is 19. The number of carbonyl (C=O) groups is 2. The normalized spacial score (nSPS) is 14.4. The van der Waals surface area contributed by atoms with Crippen molar-refractivity contribution < 1.29 is 14.3 Å². The molecular weight excluding hydrogens is 468 g/mol. The highest BCUT2D eigenvalue weighted by Gasteiger charge is 2.33. The highest BCUT2D eigenvalue weighted by atomic mass is 16.5. The lowest BCUT2D eigenvalue weighted by molar-refractivity contribution is -0.142. The number of carbonyl (C=O) groups excluding carboxylic acids is 2. The van der Waals surface area contributed by atoms with Gasteiger partial charge < -0.3 is 4.74 Å². The molecule has 0 saturated carbocycles. The first kappa shape index (κ1) is 34.4. The van der Waals surface area contributed by atoms with Gasteiger partial charge in [0.2, 0.25) is 0 Å². The minimum Gasteiger partial charge on any atom is -0.465 e. The van der Waals surface area contributed by atoms with Crippen molar-refractivity contribution in [3.8, 4) is 0 Å². The Bertz CT molecular complexity index is 747. The van der Waals surface area contributed by atoms with Crippen LogP contribution in [-0.2, 0) is 14.3 Å². The summed E-state index contributed by atoms with van der Waals surface area (Å²) in [5, 5.41) is 0. The number of unbranched alkanes of at least 4 members (excludes halogenated alkanes) is 15. The van der Waals surface area contributed by atoms with Gasteiger partial charge in [-0.25, -0.2) is 0 Å². The second-order valence-electron chi connectivity index (χ2n) is 13.4. The molecule has 0 amide bonds. The average molecular weight is 529 g/mol. The van der Waals surface area contributed by atoms with Crippen LogP contribution in [-0.4, -0.2) is 18.4 Å². The van der Waals surface area contributed by atoms with E-state index < -0.39 is 0 Å². The molecule has 1 rings (SSSR count). The zero-order valence-electron chi connectivity index (χ0n) is 26.2. The summed E-state index contributed by atoms with van der Waals surface area (Å²) in [5.74, 6) is -0.0694. The Labute approximate surface area is 236 Å². The molecule has 3 nitrogen and oxygen atoms in total. The molecule has 0 bridgehead atoms. The topological polar surface area (TPSA) is 43.4 Å². The largest absolute Gasteiger partial charge is 0.465 e. The monoisotopic (exact) mass is 528 g/mol. The van der Waals surface area contributed by atoms with E-state index in [2.05, 4.69) is 48.5 Å². The van der Waals surface area contributed by atoms with E-state index in [9.17, 15) is 9.59 Å². The van der Waals surface area contributed by atoms with Gasteiger partial charge in [-0.15, -0.1) is 0 Å². The summed E-state index contributed by atoms with van der Waals surface area (Å²) in [6.45, 7) is 15.2. The first-order valence-corrected chi connectivity index (χ1v) is 15.8. The lowest BCUT2D eigenvalue weighted by Gasteiger charge is -2.31. The lowest BCUT2D eigenvalue weighted by atomic mass is 9.72. The van der Waals surface area contributed by atoms with Crippen molar-refractivity contribution in [3.63, 3.8) is 0 Å². The van der Waals surface area contributed by atoms with Gasteiger partial charge in [-0.3, -0.25) is 9.59 Å². The van der Waals surface area contributed by atoms with Gasteiger partial charge in [0, 0.05) is 11.1 Å². The Morgan fingerprint density at radius 2 is 1.03 bits per heavy atom. The maximum absolute atomic E-state index is 13.0. The molecule has 3 heteroatoms. The van der Waals surface area contributed by atoms with Gasteiger partial charge in [-0.05, 0) is 35.0 Å². The highest BCUT2D eigenvalue weighted by Crippen LogP contribution is 2.38. The van der Waals surface area contributed by atoms with Gasteiger partial charge in [-0.2, -0.15) is 0 Å². The number of Topliss-reactive ketones (excluding diaryl/α,β-unsaturated/α-hetero) is 1. The van der Waals surface area contributed by atoms with Crippen molar-refractivity contribution >= 4 is 11.8 Å². The molecule has 0 heterocycles. The summed E-state index contributed by atoms with van der Waals surface area (Å²) in [6, 6.07) is 0.